The van der Waals surface area contributed by atoms with Crippen molar-refractivity contribution < 1.29 is 18.3 Å². The van der Waals surface area contributed by atoms with E-state index >= 15 is 0 Å². The van der Waals surface area contributed by atoms with E-state index in [-0.39, 0.29) is 22.0 Å². The number of aromatic nitrogens is 2. The summed E-state index contributed by atoms with van der Waals surface area (Å²) in [6, 6.07) is 4.82. The summed E-state index contributed by atoms with van der Waals surface area (Å²) in [6.07, 6.45) is 1.38. The Morgan fingerprint density at radius 1 is 1.37 bits per heavy atom. The smallest absolute Gasteiger partial charge is 0.335 e. The molecule has 1 aromatic carbocycles. The van der Waals surface area contributed by atoms with Crippen LogP contribution in [0.15, 0.2) is 35.4 Å². The number of carbonyl (C=O) groups is 1. The van der Waals surface area contributed by atoms with Gasteiger partial charge in [0.05, 0.1) is 17.4 Å². The monoisotopic (exact) mass is 282 g/mol. The molecule has 1 aromatic heterocycles. The van der Waals surface area contributed by atoms with Crippen LogP contribution in [-0.4, -0.2) is 29.7 Å². The van der Waals surface area contributed by atoms with Crippen LogP contribution in [-0.2, 0) is 10.0 Å². The first kappa shape index (κ1) is 12.9. The molecule has 0 saturated carbocycles. The SMILES string of the molecule is Nc1cc(C(=O)O)ccc1S(=O)(=O)Nc1ccn[nH]1. The van der Waals surface area contributed by atoms with Crippen LogP contribution in [0.4, 0.5) is 11.5 Å². The molecule has 0 unspecified atom stereocenters. The summed E-state index contributed by atoms with van der Waals surface area (Å²) in [7, 11) is -3.90. The van der Waals surface area contributed by atoms with Crippen molar-refractivity contribution in [3.8, 4) is 0 Å². The lowest BCUT2D eigenvalue weighted by Gasteiger charge is -2.09. The number of sulfonamides is 1. The lowest BCUT2D eigenvalue weighted by atomic mass is 10.2. The Morgan fingerprint density at radius 2 is 2.11 bits per heavy atom. The van der Waals surface area contributed by atoms with Gasteiger partial charge in [-0.2, -0.15) is 5.10 Å². The van der Waals surface area contributed by atoms with Crippen LogP contribution >= 0.6 is 0 Å². The van der Waals surface area contributed by atoms with E-state index in [1.807, 2.05) is 0 Å². The fourth-order valence-electron chi connectivity index (χ4n) is 1.44. The van der Waals surface area contributed by atoms with E-state index in [4.69, 9.17) is 10.8 Å². The third-order valence-corrected chi connectivity index (χ3v) is 3.73. The lowest BCUT2D eigenvalue weighted by molar-refractivity contribution is 0.0697. The summed E-state index contributed by atoms with van der Waals surface area (Å²) < 4.78 is 26.3. The van der Waals surface area contributed by atoms with Gasteiger partial charge in [0, 0.05) is 6.07 Å². The predicted octanol–water partition coefficient (Wildman–Crippen LogP) is 0.491. The number of hydrogen-bond acceptors (Lipinski definition) is 5. The molecule has 9 heteroatoms. The molecule has 0 aliphatic rings. The van der Waals surface area contributed by atoms with Gasteiger partial charge >= 0.3 is 5.97 Å². The van der Waals surface area contributed by atoms with Crippen molar-refractivity contribution in [2.45, 2.75) is 4.90 Å². The van der Waals surface area contributed by atoms with E-state index in [2.05, 4.69) is 14.9 Å². The lowest BCUT2D eigenvalue weighted by Crippen LogP contribution is -2.15. The maximum absolute atomic E-state index is 12.0. The number of benzene rings is 1. The topological polar surface area (TPSA) is 138 Å². The highest BCUT2D eigenvalue weighted by Crippen LogP contribution is 2.22. The average Bonchev–Trinajstić information content (AvgIpc) is 2.80. The molecule has 1 heterocycles. The molecule has 2 aromatic rings. The van der Waals surface area contributed by atoms with Crippen molar-refractivity contribution in [2.75, 3.05) is 10.5 Å². The molecular formula is C10H10N4O4S. The molecule has 0 fully saturated rings. The minimum absolute atomic E-state index is 0.0852. The predicted molar refractivity (Wildman–Crippen MR) is 67.2 cm³/mol. The number of carboxylic acids is 1. The van der Waals surface area contributed by atoms with E-state index in [9.17, 15) is 13.2 Å². The van der Waals surface area contributed by atoms with Crippen LogP contribution in [0.1, 0.15) is 10.4 Å². The molecule has 8 nitrogen and oxygen atoms in total. The van der Waals surface area contributed by atoms with Crippen LogP contribution in [0, 0.1) is 0 Å². The number of anilines is 2. The maximum Gasteiger partial charge on any atom is 0.335 e. The molecule has 0 aliphatic carbocycles. The summed E-state index contributed by atoms with van der Waals surface area (Å²) in [4.78, 5) is 10.5. The second-order valence-corrected chi connectivity index (χ2v) is 5.28. The molecule has 100 valence electrons. The Hall–Kier alpha value is -2.55. The van der Waals surface area contributed by atoms with Crippen LogP contribution in [0.2, 0.25) is 0 Å². The Morgan fingerprint density at radius 3 is 2.63 bits per heavy atom. The normalized spacial score (nSPS) is 11.2. The largest absolute Gasteiger partial charge is 0.478 e. The van der Waals surface area contributed by atoms with Gasteiger partial charge in [0.15, 0.2) is 0 Å². The average molecular weight is 282 g/mol. The van der Waals surface area contributed by atoms with Crippen molar-refractivity contribution in [3.63, 3.8) is 0 Å². The molecule has 0 bridgehead atoms. The third-order valence-electron chi connectivity index (χ3n) is 2.29. The molecule has 0 spiro atoms. The van der Waals surface area contributed by atoms with Crippen molar-refractivity contribution in [1.29, 1.82) is 0 Å². The van der Waals surface area contributed by atoms with Gasteiger partial charge < -0.3 is 10.8 Å². The number of nitrogens with zero attached hydrogens (tertiary/aromatic N) is 1. The summed E-state index contributed by atoms with van der Waals surface area (Å²) in [5, 5.41) is 14.8. The minimum Gasteiger partial charge on any atom is -0.478 e. The highest BCUT2D eigenvalue weighted by molar-refractivity contribution is 7.92. The number of rotatable bonds is 4. The van der Waals surface area contributed by atoms with E-state index in [1.165, 1.54) is 18.3 Å². The molecule has 0 atom stereocenters. The number of aromatic amines is 1. The number of nitrogens with one attached hydrogen (secondary N) is 2. The van der Waals surface area contributed by atoms with Crippen LogP contribution in [0.5, 0.6) is 0 Å². The molecule has 0 radical (unpaired) electrons. The number of nitrogens with two attached hydrogens (primary N) is 1. The van der Waals surface area contributed by atoms with Crippen LogP contribution in [0.25, 0.3) is 0 Å². The van der Waals surface area contributed by atoms with Gasteiger partial charge in [0.2, 0.25) is 0 Å². The Labute approximate surface area is 108 Å². The van der Waals surface area contributed by atoms with E-state index in [0.717, 1.165) is 12.1 Å². The summed E-state index contributed by atoms with van der Waals surface area (Å²) in [5.74, 6) is -1.00. The molecular weight excluding hydrogens is 272 g/mol. The van der Waals surface area contributed by atoms with Crippen molar-refractivity contribution in [2.24, 2.45) is 0 Å². The highest BCUT2D eigenvalue weighted by Gasteiger charge is 2.19. The van der Waals surface area contributed by atoms with Gasteiger partial charge in [-0.15, -0.1) is 0 Å². The van der Waals surface area contributed by atoms with Gasteiger partial charge in [-0.1, -0.05) is 0 Å². The Kier molecular flexibility index (Phi) is 3.13. The number of carboxylic acid groups (broad SMARTS) is 1. The zero-order valence-corrected chi connectivity index (χ0v) is 10.3. The van der Waals surface area contributed by atoms with Crippen molar-refractivity contribution in [1.82, 2.24) is 10.2 Å². The fraction of sp³-hybridized carbons (Fsp3) is 0. The van der Waals surface area contributed by atoms with Gasteiger partial charge in [0.25, 0.3) is 10.0 Å². The van der Waals surface area contributed by atoms with Crippen LogP contribution in [0.3, 0.4) is 0 Å². The van der Waals surface area contributed by atoms with E-state index < -0.39 is 16.0 Å². The molecule has 0 amide bonds. The molecule has 0 saturated heterocycles. The first-order chi connectivity index (χ1) is 8.90. The number of hydrogen-bond donors (Lipinski definition) is 4. The number of H-pyrrole nitrogens is 1. The first-order valence-electron chi connectivity index (χ1n) is 5.05. The first-order valence-corrected chi connectivity index (χ1v) is 6.53. The molecule has 2 rings (SSSR count). The van der Waals surface area contributed by atoms with E-state index in [0.29, 0.717) is 0 Å². The van der Waals surface area contributed by atoms with Crippen LogP contribution < -0.4 is 10.5 Å². The van der Waals surface area contributed by atoms with Crippen molar-refractivity contribution in [3.05, 3.63) is 36.0 Å². The quantitative estimate of drug-likeness (QED) is 0.602. The number of aromatic carboxylic acids is 1. The van der Waals surface area contributed by atoms with Gasteiger partial charge in [-0.3, -0.25) is 9.82 Å². The summed E-state index contributed by atoms with van der Waals surface area (Å²) in [6.45, 7) is 0. The van der Waals surface area contributed by atoms with E-state index in [1.54, 1.807) is 0 Å². The second kappa shape index (κ2) is 4.61. The standard InChI is InChI=1S/C10H10N4O4S/c11-7-5-6(10(15)16)1-2-8(7)19(17,18)14-9-3-4-12-13-9/h1-5H,11H2,(H,15,16)(H2,12,13,14). The molecule has 5 N–H and O–H groups in total. The van der Waals surface area contributed by atoms with Crippen molar-refractivity contribution >= 4 is 27.5 Å². The number of nitrogen functional groups attached to an aromatic ring is 1. The maximum atomic E-state index is 12.0. The third kappa shape index (κ3) is 2.65. The summed E-state index contributed by atoms with van der Waals surface area (Å²) in [5.41, 5.74) is 5.33. The highest BCUT2D eigenvalue weighted by atomic mass is 32.2. The summed E-state index contributed by atoms with van der Waals surface area (Å²) >= 11 is 0. The zero-order valence-electron chi connectivity index (χ0n) is 9.49. The van der Waals surface area contributed by atoms with Gasteiger partial charge in [0.1, 0.15) is 10.7 Å². The Balaban J connectivity index is 2.38. The fourth-order valence-corrected chi connectivity index (χ4v) is 2.57. The zero-order chi connectivity index (χ0) is 14.0. The second-order valence-electron chi connectivity index (χ2n) is 3.63. The van der Waals surface area contributed by atoms with Gasteiger partial charge in [-0.05, 0) is 18.2 Å². The molecule has 0 aliphatic heterocycles. The molecule has 19 heavy (non-hydrogen) atoms. The minimum atomic E-state index is -3.90. The Bertz CT molecular complexity index is 709. The van der Waals surface area contributed by atoms with Gasteiger partial charge in [-0.25, -0.2) is 13.2 Å².